The molecule has 0 spiro atoms. The number of nitrogens with zero attached hydrogens (tertiary/aromatic N) is 3. The number of halogens is 6. The number of amides is 1. The molecule has 30 heavy (non-hydrogen) atoms. The lowest BCUT2D eigenvalue weighted by Gasteiger charge is -2.33. The summed E-state index contributed by atoms with van der Waals surface area (Å²) in [5.74, 6) is -1.98. The molecule has 164 valence electrons. The molecule has 0 saturated carbocycles. The predicted molar refractivity (Wildman–Crippen MR) is 97.1 cm³/mol. The lowest BCUT2D eigenvalue weighted by molar-refractivity contribution is -0.187. The second-order valence-corrected chi connectivity index (χ2v) is 7.51. The maximum Gasteiger partial charge on any atom is 0.416 e. The van der Waals surface area contributed by atoms with Crippen molar-refractivity contribution in [3.63, 3.8) is 0 Å². The summed E-state index contributed by atoms with van der Waals surface area (Å²) in [4.78, 5) is 13.9. The standard InChI is InChI=1S/C20H21F6N3O/c1-12-17(10-18(30)28-8-4-6-15(11-28)20(24,25)26)13(2)29(27-12)16-7-3-5-14(9-16)19(21,22)23/h3,5,7,9,15H,4,6,8,10-11H2,1-2H3/t15-/m0/s1. The van der Waals surface area contributed by atoms with Crippen LogP contribution < -0.4 is 0 Å². The molecule has 1 aliphatic rings. The Morgan fingerprint density at radius 1 is 1.17 bits per heavy atom. The molecule has 1 fully saturated rings. The third-order valence-electron chi connectivity index (χ3n) is 5.42. The summed E-state index contributed by atoms with van der Waals surface area (Å²) >= 11 is 0. The highest BCUT2D eigenvalue weighted by Crippen LogP contribution is 2.34. The van der Waals surface area contributed by atoms with E-state index in [-0.39, 0.29) is 38.0 Å². The molecule has 1 amide bonds. The number of hydrogen-bond donors (Lipinski definition) is 0. The summed E-state index contributed by atoms with van der Waals surface area (Å²) in [5, 5.41) is 4.25. The van der Waals surface area contributed by atoms with Crippen LogP contribution >= 0.6 is 0 Å². The number of alkyl halides is 6. The molecule has 3 rings (SSSR count). The minimum atomic E-state index is -4.51. The first-order valence-corrected chi connectivity index (χ1v) is 9.45. The van der Waals surface area contributed by atoms with Crippen molar-refractivity contribution in [1.29, 1.82) is 0 Å². The second kappa shape index (κ2) is 7.96. The van der Waals surface area contributed by atoms with Gasteiger partial charge in [0, 0.05) is 24.3 Å². The van der Waals surface area contributed by atoms with E-state index in [0.717, 1.165) is 12.1 Å². The molecule has 1 atom stereocenters. The fourth-order valence-corrected chi connectivity index (χ4v) is 3.73. The molecule has 0 aliphatic carbocycles. The van der Waals surface area contributed by atoms with Crippen LogP contribution in [0.3, 0.4) is 0 Å². The number of aromatic nitrogens is 2. The van der Waals surface area contributed by atoms with Crippen molar-refractivity contribution in [1.82, 2.24) is 14.7 Å². The highest BCUT2D eigenvalue weighted by Gasteiger charge is 2.42. The number of carbonyl (C=O) groups is 1. The lowest BCUT2D eigenvalue weighted by Crippen LogP contribution is -2.45. The average molecular weight is 433 g/mol. The van der Waals surface area contributed by atoms with Gasteiger partial charge in [-0.1, -0.05) is 6.07 Å². The fourth-order valence-electron chi connectivity index (χ4n) is 3.73. The average Bonchev–Trinajstić information content (AvgIpc) is 2.95. The number of benzene rings is 1. The molecule has 1 aliphatic heterocycles. The zero-order chi connectivity index (χ0) is 22.3. The molecule has 1 aromatic heterocycles. The van der Waals surface area contributed by atoms with Crippen molar-refractivity contribution in [2.45, 2.75) is 45.5 Å². The van der Waals surface area contributed by atoms with Crippen molar-refractivity contribution < 1.29 is 31.1 Å². The van der Waals surface area contributed by atoms with E-state index in [1.165, 1.54) is 21.7 Å². The molecular weight excluding hydrogens is 412 g/mol. The maximum absolute atomic E-state index is 13.0. The summed E-state index contributed by atoms with van der Waals surface area (Å²) in [7, 11) is 0. The van der Waals surface area contributed by atoms with Gasteiger partial charge < -0.3 is 4.90 Å². The molecular formula is C20H21F6N3O. The van der Waals surface area contributed by atoms with Crippen LogP contribution in [0.1, 0.15) is 35.4 Å². The van der Waals surface area contributed by atoms with E-state index in [0.29, 0.717) is 17.0 Å². The molecule has 1 saturated heterocycles. The zero-order valence-corrected chi connectivity index (χ0v) is 16.4. The van der Waals surface area contributed by atoms with Crippen LogP contribution in [0.25, 0.3) is 5.69 Å². The van der Waals surface area contributed by atoms with Crippen LogP contribution in [-0.2, 0) is 17.4 Å². The molecule has 2 aromatic rings. The third kappa shape index (κ3) is 4.62. The molecule has 0 radical (unpaired) electrons. The van der Waals surface area contributed by atoms with E-state index in [4.69, 9.17) is 0 Å². The van der Waals surface area contributed by atoms with Gasteiger partial charge in [-0.15, -0.1) is 0 Å². The number of carbonyl (C=O) groups excluding carboxylic acids is 1. The summed E-state index contributed by atoms with van der Waals surface area (Å²) in [6, 6.07) is 4.65. The van der Waals surface area contributed by atoms with Gasteiger partial charge in [-0.2, -0.15) is 31.4 Å². The van der Waals surface area contributed by atoms with Crippen LogP contribution in [0.5, 0.6) is 0 Å². The minimum Gasteiger partial charge on any atom is -0.342 e. The van der Waals surface area contributed by atoms with Gasteiger partial charge in [0.1, 0.15) is 0 Å². The SMILES string of the molecule is Cc1nn(-c2cccc(C(F)(F)F)c2)c(C)c1CC(=O)N1CCC[C@H](C(F)(F)F)C1. The second-order valence-electron chi connectivity index (χ2n) is 7.51. The topological polar surface area (TPSA) is 38.1 Å². The lowest BCUT2D eigenvalue weighted by atomic mass is 9.97. The summed E-state index contributed by atoms with van der Waals surface area (Å²) in [6.45, 7) is 3.12. The molecule has 0 N–H and O–H groups in total. The molecule has 10 heteroatoms. The van der Waals surface area contributed by atoms with Gasteiger partial charge >= 0.3 is 12.4 Å². The zero-order valence-electron chi connectivity index (χ0n) is 16.4. The van der Waals surface area contributed by atoms with Gasteiger partial charge in [-0.3, -0.25) is 4.79 Å². The Hall–Kier alpha value is -2.52. The van der Waals surface area contributed by atoms with E-state index < -0.39 is 29.7 Å². The van der Waals surface area contributed by atoms with Crippen LogP contribution in [-0.4, -0.2) is 39.9 Å². The Bertz CT molecular complexity index is 932. The predicted octanol–water partition coefficient (Wildman–Crippen LogP) is 4.85. The molecule has 2 heterocycles. The Balaban J connectivity index is 1.82. The van der Waals surface area contributed by atoms with Crippen molar-refractivity contribution in [3.05, 3.63) is 46.8 Å². The maximum atomic E-state index is 13.0. The monoisotopic (exact) mass is 433 g/mol. The van der Waals surface area contributed by atoms with Crippen LogP contribution in [0, 0.1) is 19.8 Å². The van der Waals surface area contributed by atoms with E-state index >= 15 is 0 Å². The fraction of sp³-hybridized carbons (Fsp3) is 0.500. The first-order chi connectivity index (χ1) is 13.9. The Labute approximate surface area is 169 Å². The van der Waals surface area contributed by atoms with E-state index in [1.807, 2.05) is 0 Å². The van der Waals surface area contributed by atoms with Gasteiger partial charge in [0.2, 0.25) is 5.91 Å². The first-order valence-electron chi connectivity index (χ1n) is 9.45. The number of rotatable bonds is 3. The first kappa shape index (κ1) is 22.2. The number of hydrogen-bond acceptors (Lipinski definition) is 2. The Morgan fingerprint density at radius 2 is 1.87 bits per heavy atom. The quantitative estimate of drug-likeness (QED) is 0.649. The van der Waals surface area contributed by atoms with Gasteiger partial charge in [-0.05, 0) is 44.9 Å². The Kier molecular flexibility index (Phi) is 5.88. The summed E-state index contributed by atoms with van der Waals surface area (Å²) in [5.41, 5.74) is 0.801. The van der Waals surface area contributed by atoms with Gasteiger partial charge in [0.05, 0.1) is 29.3 Å². The Morgan fingerprint density at radius 3 is 2.50 bits per heavy atom. The highest BCUT2D eigenvalue weighted by molar-refractivity contribution is 5.79. The van der Waals surface area contributed by atoms with Gasteiger partial charge in [0.25, 0.3) is 0 Å². The van der Waals surface area contributed by atoms with Crippen molar-refractivity contribution in [2.24, 2.45) is 5.92 Å². The summed E-state index contributed by atoms with van der Waals surface area (Å²) < 4.78 is 79.4. The number of piperidine rings is 1. The van der Waals surface area contributed by atoms with Crippen LogP contribution in [0.15, 0.2) is 24.3 Å². The number of likely N-dealkylation sites (tertiary alicyclic amines) is 1. The minimum absolute atomic E-state index is 0.00118. The summed E-state index contributed by atoms with van der Waals surface area (Å²) in [6.07, 6.45) is -8.73. The number of aryl methyl sites for hydroxylation is 1. The van der Waals surface area contributed by atoms with Crippen LogP contribution in [0.4, 0.5) is 26.3 Å². The third-order valence-corrected chi connectivity index (χ3v) is 5.42. The molecule has 4 nitrogen and oxygen atoms in total. The molecule has 1 aromatic carbocycles. The normalized spacial score (nSPS) is 18.0. The molecule has 0 bridgehead atoms. The van der Waals surface area contributed by atoms with Crippen LogP contribution in [0.2, 0.25) is 0 Å². The van der Waals surface area contributed by atoms with E-state index in [1.54, 1.807) is 13.8 Å². The highest BCUT2D eigenvalue weighted by atomic mass is 19.4. The molecule has 0 unspecified atom stereocenters. The van der Waals surface area contributed by atoms with Crippen molar-refractivity contribution in [3.8, 4) is 5.69 Å². The smallest absolute Gasteiger partial charge is 0.342 e. The van der Waals surface area contributed by atoms with Crippen molar-refractivity contribution >= 4 is 5.91 Å². The van der Waals surface area contributed by atoms with E-state index in [2.05, 4.69) is 5.10 Å². The van der Waals surface area contributed by atoms with Gasteiger partial charge in [0.15, 0.2) is 0 Å². The largest absolute Gasteiger partial charge is 0.416 e. The van der Waals surface area contributed by atoms with Gasteiger partial charge in [-0.25, -0.2) is 4.68 Å². The van der Waals surface area contributed by atoms with Crippen molar-refractivity contribution in [2.75, 3.05) is 13.1 Å². The van der Waals surface area contributed by atoms with E-state index in [9.17, 15) is 31.1 Å².